The topological polar surface area (TPSA) is 20.3 Å². The highest BCUT2D eigenvalue weighted by molar-refractivity contribution is 5.95. The lowest BCUT2D eigenvalue weighted by molar-refractivity contribution is 0.101. The molecule has 0 saturated carbocycles. The molecule has 0 amide bonds. The number of rotatable bonds is 7. The predicted octanol–water partition coefficient (Wildman–Crippen LogP) is 8.95. The smallest absolute Gasteiger partial charge is 0.159 e. The van der Waals surface area contributed by atoms with Crippen LogP contribution in [0, 0.1) is 0 Å². The summed E-state index contributed by atoms with van der Waals surface area (Å²) in [6.07, 6.45) is 2.24. The number of carbonyl (C=O) groups is 1. The largest absolute Gasteiger partial charge is 0.311 e. The van der Waals surface area contributed by atoms with Gasteiger partial charge < -0.3 is 4.90 Å². The van der Waals surface area contributed by atoms with Crippen molar-refractivity contribution in [2.75, 3.05) is 4.90 Å². The predicted molar refractivity (Wildman–Crippen MR) is 151 cm³/mol. The number of ketones is 1. The molecule has 5 rings (SSSR count). The van der Waals surface area contributed by atoms with E-state index in [0.717, 1.165) is 22.6 Å². The summed E-state index contributed by atoms with van der Waals surface area (Å²) in [5.74, 6) is 0.0663. The summed E-state index contributed by atoms with van der Waals surface area (Å²) in [4.78, 5) is 14.0. The van der Waals surface area contributed by atoms with Gasteiger partial charge >= 0.3 is 0 Å². The molecular weight excluding hydrogens is 438 g/mol. The molecule has 0 saturated heterocycles. The third-order valence-corrected chi connectivity index (χ3v) is 6.18. The second kappa shape index (κ2) is 10.7. The van der Waals surface area contributed by atoms with Gasteiger partial charge in [-0.15, -0.1) is 0 Å². The van der Waals surface area contributed by atoms with E-state index in [1.807, 2.05) is 54.6 Å². The number of hydrogen-bond donors (Lipinski definition) is 0. The van der Waals surface area contributed by atoms with Crippen LogP contribution in [0.15, 0.2) is 140 Å². The maximum atomic E-state index is 11.8. The molecule has 0 spiro atoms. The van der Waals surface area contributed by atoms with E-state index in [9.17, 15) is 4.79 Å². The molecule has 0 fully saturated rings. The minimum Gasteiger partial charge on any atom is -0.311 e. The number of anilines is 3. The first-order valence-electron chi connectivity index (χ1n) is 12.1. The van der Waals surface area contributed by atoms with Crippen molar-refractivity contribution in [3.63, 3.8) is 0 Å². The molecule has 2 nitrogen and oxygen atoms in total. The van der Waals surface area contributed by atoms with Gasteiger partial charge in [0, 0.05) is 22.6 Å². The Morgan fingerprint density at radius 3 is 1.39 bits per heavy atom. The van der Waals surface area contributed by atoms with E-state index in [1.54, 1.807) is 6.92 Å². The van der Waals surface area contributed by atoms with Crippen LogP contribution in [0.3, 0.4) is 0 Å². The number of hydrogen-bond acceptors (Lipinski definition) is 2. The molecule has 5 aromatic rings. The zero-order valence-corrected chi connectivity index (χ0v) is 20.2. The molecule has 36 heavy (non-hydrogen) atoms. The van der Waals surface area contributed by atoms with Crippen molar-refractivity contribution in [1.29, 1.82) is 0 Å². The van der Waals surface area contributed by atoms with Crippen LogP contribution < -0.4 is 4.90 Å². The normalized spacial score (nSPS) is 10.5. The van der Waals surface area contributed by atoms with Crippen LogP contribution in [0.2, 0.25) is 0 Å². The Morgan fingerprint density at radius 1 is 0.500 bits per heavy atom. The average Bonchev–Trinajstić information content (AvgIpc) is 2.94. The molecule has 0 bridgehead atoms. The molecule has 0 N–H and O–H groups in total. The van der Waals surface area contributed by atoms with Gasteiger partial charge in [-0.25, -0.2) is 0 Å². The standard InChI is InChI=1S/C34H27NO/c1-26(36)28-19-23-33(24-20-28)35(31-15-9-4-10-16-31)32-21-17-27(18-22-32)25-34(29-11-5-2-6-12-29)30-13-7-3-8-14-30/h2-25H,1H3. The SMILES string of the molecule is CC(=O)c1ccc(N(c2ccccc2)c2ccc(C=C(c3ccccc3)c3ccccc3)cc2)cc1. The summed E-state index contributed by atoms with van der Waals surface area (Å²) in [5.41, 5.74) is 8.50. The van der Waals surface area contributed by atoms with Gasteiger partial charge in [0.05, 0.1) is 0 Å². The molecule has 0 atom stereocenters. The van der Waals surface area contributed by atoms with E-state index >= 15 is 0 Å². The van der Waals surface area contributed by atoms with Crippen LogP contribution in [-0.2, 0) is 0 Å². The Labute approximate surface area is 212 Å². The van der Waals surface area contributed by atoms with Gasteiger partial charge in [0.2, 0.25) is 0 Å². The van der Waals surface area contributed by atoms with E-state index in [-0.39, 0.29) is 5.78 Å². The van der Waals surface area contributed by atoms with Crippen LogP contribution in [0.5, 0.6) is 0 Å². The second-order valence-corrected chi connectivity index (χ2v) is 8.66. The number of benzene rings is 5. The highest BCUT2D eigenvalue weighted by atomic mass is 16.1. The zero-order valence-electron chi connectivity index (χ0n) is 20.2. The average molecular weight is 466 g/mol. The summed E-state index contributed by atoms with van der Waals surface area (Å²) >= 11 is 0. The molecule has 0 unspecified atom stereocenters. The molecule has 2 heteroatoms. The first kappa shape index (κ1) is 23.1. The van der Waals surface area contributed by atoms with Crippen molar-refractivity contribution in [3.05, 3.63) is 162 Å². The molecule has 174 valence electrons. The van der Waals surface area contributed by atoms with Crippen molar-refractivity contribution >= 4 is 34.5 Å². The fraction of sp³-hybridized carbons (Fsp3) is 0.0294. The van der Waals surface area contributed by atoms with E-state index in [1.165, 1.54) is 16.7 Å². The van der Waals surface area contributed by atoms with Crippen molar-refractivity contribution in [2.45, 2.75) is 6.92 Å². The van der Waals surface area contributed by atoms with E-state index < -0.39 is 0 Å². The summed E-state index contributed by atoms with van der Waals surface area (Å²) in [6.45, 7) is 1.59. The van der Waals surface area contributed by atoms with Gasteiger partial charge in [0.1, 0.15) is 0 Å². The lowest BCUT2D eigenvalue weighted by atomic mass is 9.95. The van der Waals surface area contributed by atoms with Crippen molar-refractivity contribution in [1.82, 2.24) is 0 Å². The van der Waals surface area contributed by atoms with Crippen molar-refractivity contribution in [3.8, 4) is 0 Å². The Balaban J connectivity index is 1.54. The Bertz CT molecular complexity index is 1410. The fourth-order valence-electron chi connectivity index (χ4n) is 4.32. The van der Waals surface area contributed by atoms with Crippen molar-refractivity contribution < 1.29 is 4.79 Å². The molecule has 5 aromatic carbocycles. The molecular formula is C34H27NO. The molecule has 0 aliphatic heterocycles. The quantitative estimate of drug-likeness (QED) is 0.177. The lowest BCUT2D eigenvalue weighted by Gasteiger charge is -2.25. The van der Waals surface area contributed by atoms with E-state index in [2.05, 4.69) is 95.9 Å². The lowest BCUT2D eigenvalue weighted by Crippen LogP contribution is -2.10. The zero-order chi connectivity index (χ0) is 24.7. The summed E-state index contributed by atoms with van der Waals surface area (Å²) in [7, 11) is 0. The van der Waals surface area contributed by atoms with Gasteiger partial charge in [-0.3, -0.25) is 4.79 Å². The highest BCUT2D eigenvalue weighted by Gasteiger charge is 2.13. The van der Waals surface area contributed by atoms with E-state index in [4.69, 9.17) is 0 Å². The number of Topliss-reactive ketones (excluding diaryl/α,β-unsaturated/α-hetero) is 1. The van der Waals surface area contributed by atoms with Gasteiger partial charge in [-0.2, -0.15) is 0 Å². The van der Waals surface area contributed by atoms with Crippen LogP contribution in [0.4, 0.5) is 17.1 Å². The van der Waals surface area contributed by atoms with Gasteiger partial charge in [0.15, 0.2) is 5.78 Å². The number of para-hydroxylation sites is 1. The van der Waals surface area contributed by atoms with Crippen LogP contribution in [0.1, 0.15) is 34.0 Å². The summed E-state index contributed by atoms with van der Waals surface area (Å²) < 4.78 is 0. The molecule has 0 aromatic heterocycles. The van der Waals surface area contributed by atoms with E-state index in [0.29, 0.717) is 5.56 Å². The summed E-state index contributed by atoms with van der Waals surface area (Å²) in [6, 6.07) is 47.6. The Hall–Kier alpha value is -4.69. The Morgan fingerprint density at radius 2 is 0.917 bits per heavy atom. The third kappa shape index (κ3) is 5.18. The first-order valence-corrected chi connectivity index (χ1v) is 12.1. The fourth-order valence-corrected chi connectivity index (χ4v) is 4.32. The van der Waals surface area contributed by atoms with Gasteiger partial charge in [-0.1, -0.05) is 91.0 Å². The Kier molecular flexibility index (Phi) is 6.86. The van der Waals surface area contributed by atoms with Crippen LogP contribution in [0.25, 0.3) is 11.6 Å². The maximum absolute atomic E-state index is 11.8. The van der Waals surface area contributed by atoms with Gasteiger partial charge in [0.25, 0.3) is 0 Å². The number of nitrogens with zero attached hydrogens (tertiary/aromatic N) is 1. The third-order valence-electron chi connectivity index (χ3n) is 6.18. The van der Waals surface area contributed by atoms with Gasteiger partial charge in [-0.05, 0) is 83.8 Å². The second-order valence-electron chi connectivity index (χ2n) is 8.66. The van der Waals surface area contributed by atoms with Crippen LogP contribution in [-0.4, -0.2) is 5.78 Å². The minimum atomic E-state index is 0.0663. The molecule has 0 heterocycles. The first-order chi connectivity index (χ1) is 17.7. The molecule has 0 radical (unpaired) electrons. The highest BCUT2D eigenvalue weighted by Crippen LogP contribution is 2.35. The minimum absolute atomic E-state index is 0.0663. The monoisotopic (exact) mass is 465 g/mol. The summed E-state index contributed by atoms with van der Waals surface area (Å²) in [5, 5.41) is 0. The van der Waals surface area contributed by atoms with Crippen molar-refractivity contribution in [2.24, 2.45) is 0 Å². The molecule has 0 aliphatic carbocycles. The number of carbonyl (C=O) groups excluding carboxylic acids is 1. The maximum Gasteiger partial charge on any atom is 0.159 e. The van der Waals surface area contributed by atoms with Crippen LogP contribution >= 0.6 is 0 Å². The molecule has 0 aliphatic rings.